The number of aliphatic imine (C=N–C) groups is 1. The molecular weight excluding hydrogens is 401 g/mol. The molecule has 0 amide bonds. The van der Waals surface area contributed by atoms with Crippen LogP contribution in [0, 0.1) is 0 Å². The third-order valence-corrected chi connectivity index (χ3v) is 2.87. The summed E-state index contributed by atoms with van der Waals surface area (Å²) in [6, 6.07) is 7.48. The third kappa shape index (κ3) is 8.36. The van der Waals surface area contributed by atoms with Gasteiger partial charge >= 0.3 is 0 Å². The molecule has 4 nitrogen and oxygen atoms in total. The first-order valence-electron chi connectivity index (χ1n) is 7.10. The maximum absolute atomic E-state index is 6.06. The predicted octanol–water partition coefficient (Wildman–Crippen LogP) is 3.69. The van der Waals surface area contributed by atoms with Crippen LogP contribution in [0.2, 0.25) is 5.02 Å². The van der Waals surface area contributed by atoms with Crippen LogP contribution in [0.5, 0.6) is 5.75 Å². The molecule has 2 N–H and O–H groups in total. The minimum Gasteiger partial charge on any atom is -0.487 e. The van der Waals surface area contributed by atoms with Gasteiger partial charge in [0.2, 0.25) is 0 Å². The Labute approximate surface area is 149 Å². The Morgan fingerprint density at radius 1 is 1.29 bits per heavy atom. The lowest BCUT2D eigenvalue weighted by atomic mass is 10.3. The van der Waals surface area contributed by atoms with Crippen LogP contribution in [-0.2, 0) is 0 Å². The quantitative estimate of drug-likeness (QED) is 0.398. The Balaban J connectivity index is 0.00000400. The maximum atomic E-state index is 6.06. The van der Waals surface area contributed by atoms with E-state index >= 15 is 0 Å². The average molecular weight is 426 g/mol. The molecule has 0 heterocycles. The third-order valence-electron chi connectivity index (χ3n) is 2.56. The number of hydrogen-bond donors (Lipinski definition) is 2. The molecule has 6 heteroatoms. The van der Waals surface area contributed by atoms with Gasteiger partial charge in [-0.15, -0.1) is 24.0 Å². The molecule has 1 aromatic carbocycles. The number of ether oxygens (including phenoxy) is 1. The monoisotopic (exact) mass is 425 g/mol. The summed E-state index contributed by atoms with van der Waals surface area (Å²) in [4.78, 5) is 4.50. The molecule has 1 atom stereocenters. The SMILES string of the molecule is CCCNC(=NCC(C)Oc1ccccc1Cl)NCC.I. The van der Waals surface area contributed by atoms with E-state index < -0.39 is 0 Å². The zero-order valence-electron chi connectivity index (χ0n) is 12.9. The molecular formula is C15H25ClIN3O. The molecule has 0 bridgehead atoms. The number of nitrogens with one attached hydrogen (secondary N) is 2. The van der Waals surface area contributed by atoms with Gasteiger partial charge in [0.15, 0.2) is 5.96 Å². The number of hydrogen-bond acceptors (Lipinski definition) is 2. The summed E-state index contributed by atoms with van der Waals surface area (Å²) in [5.41, 5.74) is 0. The zero-order chi connectivity index (χ0) is 14.8. The molecule has 0 aliphatic heterocycles. The van der Waals surface area contributed by atoms with Gasteiger partial charge in [0.05, 0.1) is 11.6 Å². The van der Waals surface area contributed by atoms with Crippen LogP contribution < -0.4 is 15.4 Å². The van der Waals surface area contributed by atoms with Gasteiger partial charge in [0.25, 0.3) is 0 Å². The summed E-state index contributed by atoms with van der Waals surface area (Å²) in [5, 5.41) is 7.09. The van der Waals surface area contributed by atoms with Crippen LogP contribution in [0.3, 0.4) is 0 Å². The molecule has 0 aliphatic carbocycles. The van der Waals surface area contributed by atoms with Gasteiger partial charge in [0, 0.05) is 13.1 Å². The van der Waals surface area contributed by atoms with Gasteiger partial charge in [-0.25, -0.2) is 4.99 Å². The van der Waals surface area contributed by atoms with Crippen LogP contribution in [0.25, 0.3) is 0 Å². The number of rotatable bonds is 7. The molecule has 0 aliphatic rings. The molecule has 0 saturated heterocycles. The second-order valence-electron chi connectivity index (χ2n) is 4.51. The highest BCUT2D eigenvalue weighted by Gasteiger charge is 2.06. The first-order chi connectivity index (χ1) is 9.67. The summed E-state index contributed by atoms with van der Waals surface area (Å²) < 4.78 is 5.78. The molecule has 1 rings (SSSR count). The van der Waals surface area contributed by atoms with Crippen molar-refractivity contribution in [3.05, 3.63) is 29.3 Å². The Bertz CT molecular complexity index is 429. The van der Waals surface area contributed by atoms with Crippen LogP contribution in [0.4, 0.5) is 0 Å². The van der Waals surface area contributed by atoms with Crippen LogP contribution in [-0.4, -0.2) is 31.7 Å². The van der Waals surface area contributed by atoms with Gasteiger partial charge in [0.1, 0.15) is 11.9 Å². The van der Waals surface area contributed by atoms with Crippen molar-refractivity contribution in [1.29, 1.82) is 0 Å². The minimum absolute atomic E-state index is 0. The molecule has 120 valence electrons. The Hall–Kier alpha value is -0.690. The summed E-state index contributed by atoms with van der Waals surface area (Å²) in [6.45, 7) is 8.48. The van der Waals surface area contributed by atoms with Crippen molar-refractivity contribution in [2.75, 3.05) is 19.6 Å². The molecule has 0 radical (unpaired) electrons. The molecule has 21 heavy (non-hydrogen) atoms. The van der Waals surface area contributed by atoms with Gasteiger partial charge in [-0.1, -0.05) is 30.7 Å². The highest BCUT2D eigenvalue weighted by atomic mass is 127. The Morgan fingerprint density at radius 2 is 2.00 bits per heavy atom. The zero-order valence-corrected chi connectivity index (χ0v) is 15.9. The van der Waals surface area contributed by atoms with E-state index in [1.165, 1.54) is 0 Å². The molecule has 0 fully saturated rings. The van der Waals surface area contributed by atoms with Gasteiger partial charge in [-0.3, -0.25) is 0 Å². The van der Waals surface area contributed by atoms with Crippen molar-refractivity contribution in [3.63, 3.8) is 0 Å². The average Bonchev–Trinajstić information content (AvgIpc) is 2.44. The highest BCUT2D eigenvalue weighted by Crippen LogP contribution is 2.24. The first kappa shape index (κ1) is 20.3. The lowest BCUT2D eigenvalue weighted by molar-refractivity contribution is 0.230. The molecule has 0 aromatic heterocycles. The van der Waals surface area contributed by atoms with E-state index in [1.807, 2.05) is 38.1 Å². The van der Waals surface area contributed by atoms with E-state index in [1.54, 1.807) is 0 Å². The van der Waals surface area contributed by atoms with Crippen molar-refractivity contribution >= 4 is 41.5 Å². The van der Waals surface area contributed by atoms with Crippen LogP contribution in [0.1, 0.15) is 27.2 Å². The standard InChI is InChI=1S/C15H24ClN3O.HI/c1-4-10-18-15(17-5-2)19-11-12(3)20-14-9-7-6-8-13(14)16;/h6-9,12H,4-5,10-11H2,1-3H3,(H2,17,18,19);1H. The predicted molar refractivity (Wildman–Crippen MR) is 101 cm³/mol. The fourth-order valence-corrected chi connectivity index (χ4v) is 1.78. The largest absolute Gasteiger partial charge is 0.487 e. The van der Waals surface area contributed by atoms with E-state index in [4.69, 9.17) is 16.3 Å². The Morgan fingerprint density at radius 3 is 2.62 bits per heavy atom. The van der Waals surface area contributed by atoms with Gasteiger partial charge < -0.3 is 15.4 Å². The minimum atomic E-state index is -0.0352. The number of guanidine groups is 1. The first-order valence-corrected chi connectivity index (χ1v) is 7.48. The van der Waals surface area contributed by atoms with E-state index in [0.29, 0.717) is 17.3 Å². The van der Waals surface area contributed by atoms with Crippen molar-refractivity contribution in [1.82, 2.24) is 10.6 Å². The van der Waals surface area contributed by atoms with Crippen molar-refractivity contribution < 1.29 is 4.74 Å². The fourth-order valence-electron chi connectivity index (χ4n) is 1.60. The second kappa shape index (κ2) is 11.9. The summed E-state index contributed by atoms with van der Waals surface area (Å²) in [7, 11) is 0. The lowest BCUT2D eigenvalue weighted by Gasteiger charge is -2.15. The van der Waals surface area contributed by atoms with Crippen molar-refractivity contribution in [2.45, 2.75) is 33.3 Å². The van der Waals surface area contributed by atoms with E-state index in [2.05, 4.69) is 22.5 Å². The molecule has 0 saturated carbocycles. The van der Waals surface area contributed by atoms with Crippen LogP contribution >= 0.6 is 35.6 Å². The highest BCUT2D eigenvalue weighted by molar-refractivity contribution is 14.0. The van der Waals surface area contributed by atoms with E-state index in [9.17, 15) is 0 Å². The van der Waals surface area contributed by atoms with Gasteiger partial charge in [-0.2, -0.15) is 0 Å². The number of halogens is 2. The topological polar surface area (TPSA) is 45.7 Å². The summed E-state index contributed by atoms with van der Waals surface area (Å²) in [5.74, 6) is 1.52. The smallest absolute Gasteiger partial charge is 0.191 e. The lowest BCUT2D eigenvalue weighted by Crippen LogP contribution is -2.38. The molecule has 0 spiro atoms. The second-order valence-corrected chi connectivity index (χ2v) is 4.91. The van der Waals surface area contributed by atoms with Crippen molar-refractivity contribution in [2.24, 2.45) is 4.99 Å². The number of nitrogens with zero attached hydrogens (tertiary/aromatic N) is 1. The fraction of sp³-hybridized carbons (Fsp3) is 0.533. The van der Waals surface area contributed by atoms with Gasteiger partial charge in [-0.05, 0) is 32.4 Å². The number of para-hydroxylation sites is 1. The van der Waals surface area contributed by atoms with E-state index in [-0.39, 0.29) is 30.1 Å². The summed E-state index contributed by atoms with van der Waals surface area (Å²) >= 11 is 6.06. The Kier molecular flexibility index (Phi) is 11.5. The molecule has 1 aromatic rings. The van der Waals surface area contributed by atoms with E-state index in [0.717, 1.165) is 25.5 Å². The summed E-state index contributed by atoms with van der Waals surface area (Å²) in [6.07, 6.45) is 1.03. The maximum Gasteiger partial charge on any atom is 0.191 e. The van der Waals surface area contributed by atoms with Crippen molar-refractivity contribution in [3.8, 4) is 5.75 Å². The van der Waals surface area contributed by atoms with Crippen LogP contribution in [0.15, 0.2) is 29.3 Å². The normalized spacial score (nSPS) is 12.3. The number of benzene rings is 1. The molecule has 1 unspecified atom stereocenters.